The Labute approximate surface area is 207 Å². The Hall–Kier alpha value is -2.36. The molecule has 0 saturated heterocycles. The summed E-state index contributed by atoms with van der Waals surface area (Å²) in [5.74, 6) is -2.18. The molecule has 0 aliphatic carbocycles. The van der Waals surface area contributed by atoms with E-state index in [0.29, 0.717) is 12.8 Å². The molecule has 6 N–H and O–H groups in total. The van der Waals surface area contributed by atoms with Crippen LogP contribution in [0, 0.1) is 0 Å². The number of carboxylic acids is 2. The summed E-state index contributed by atoms with van der Waals surface area (Å²) >= 11 is 1.37. The number of amides is 1. The molecule has 0 radical (unpaired) electrons. The van der Waals surface area contributed by atoms with Crippen LogP contribution in [0.2, 0.25) is 0 Å². The zero-order chi connectivity index (χ0) is 25.6. The number of carboxylic acid groups (broad SMARTS) is 2. The molecule has 0 heterocycles. The number of hydrogen-bond donors (Lipinski definition) is 5. The number of carbonyl (C=O) groups is 3. The highest BCUT2D eigenvalue weighted by atomic mass is 32.2. The molecule has 0 unspecified atom stereocenters. The number of carbonyl (C=O) groups excluding carboxylic acids is 1. The summed E-state index contributed by atoms with van der Waals surface area (Å²) in [7, 11) is 0. The van der Waals surface area contributed by atoms with E-state index in [1.54, 1.807) is 0 Å². The number of aliphatic hydroxyl groups is 1. The lowest BCUT2D eigenvalue weighted by molar-refractivity contribution is -0.138. The van der Waals surface area contributed by atoms with Gasteiger partial charge in [0.15, 0.2) is 0 Å². The van der Waals surface area contributed by atoms with Crippen molar-refractivity contribution < 1.29 is 29.7 Å². The highest BCUT2D eigenvalue weighted by Crippen LogP contribution is 2.21. The van der Waals surface area contributed by atoms with Crippen LogP contribution in [-0.4, -0.2) is 62.9 Å². The van der Waals surface area contributed by atoms with Crippen molar-refractivity contribution >= 4 is 29.6 Å². The fourth-order valence-corrected chi connectivity index (χ4v) is 3.91. The molecule has 192 valence electrons. The lowest BCUT2D eigenvalue weighted by Crippen LogP contribution is -2.44. The molecule has 34 heavy (non-hydrogen) atoms. The van der Waals surface area contributed by atoms with E-state index in [-0.39, 0.29) is 17.4 Å². The number of unbranched alkanes of at least 4 members (excludes halogenated alkanes) is 3. The first-order valence-electron chi connectivity index (χ1n) is 11.7. The van der Waals surface area contributed by atoms with Gasteiger partial charge in [-0.05, 0) is 25.7 Å². The first-order chi connectivity index (χ1) is 16.3. The molecular formula is C25H40N2O6S. The summed E-state index contributed by atoms with van der Waals surface area (Å²) in [6.07, 6.45) is 20.8. The van der Waals surface area contributed by atoms with E-state index in [1.807, 2.05) is 48.6 Å². The van der Waals surface area contributed by atoms with E-state index in [2.05, 4.69) is 12.2 Å². The maximum Gasteiger partial charge on any atom is 0.322 e. The van der Waals surface area contributed by atoms with Crippen LogP contribution in [0.3, 0.4) is 0 Å². The molecule has 3 atom stereocenters. The third-order valence-corrected chi connectivity index (χ3v) is 6.08. The predicted molar refractivity (Wildman–Crippen MR) is 138 cm³/mol. The van der Waals surface area contributed by atoms with Gasteiger partial charge >= 0.3 is 11.9 Å². The van der Waals surface area contributed by atoms with Gasteiger partial charge in [0.05, 0.1) is 12.1 Å². The summed E-state index contributed by atoms with van der Waals surface area (Å²) in [6.45, 7) is 1.62. The second kappa shape index (κ2) is 21.2. The Morgan fingerprint density at radius 3 is 2.38 bits per heavy atom. The van der Waals surface area contributed by atoms with Gasteiger partial charge < -0.3 is 26.4 Å². The van der Waals surface area contributed by atoms with E-state index < -0.39 is 36.5 Å². The number of thioether (sulfide) groups is 1. The molecule has 9 heteroatoms. The van der Waals surface area contributed by atoms with Gasteiger partial charge in [0.1, 0.15) is 6.54 Å². The fourth-order valence-electron chi connectivity index (χ4n) is 2.77. The monoisotopic (exact) mass is 496 g/mol. The average Bonchev–Trinajstić information content (AvgIpc) is 2.79. The molecule has 0 aromatic heterocycles. The van der Waals surface area contributed by atoms with E-state index in [4.69, 9.17) is 15.9 Å². The summed E-state index contributed by atoms with van der Waals surface area (Å²) in [6, 6.07) is -0.862. The normalized spacial score (nSPS) is 14.8. The van der Waals surface area contributed by atoms with Crippen LogP contribution in [0.15, 0.2) is 48.6 Å². The summed E-state index contributed by atoms with van der Waals surface area (Å²) < 4.78 is 0. The zero-order valence-electron chi connectivity index (χ0n) is 20.0. The van der Waals surface area contributed by atoms with Gasteiger partial charge in [-0.25, -0.2) is 0 Å². The molecule has 0 aromatic carbocycles. The van der Waals surface area contributed by atoms with E-state index in [9.17, 15) is 19.5 Å². The van der Waals surface area contributed by atoms with Gasteiger partial charge in [-0.3, -0.25) is 14.4 Å². The molecule has 8 nitrogen and oxygen atoms in total. The van der Waals surface area contributed by atoms with Crippen LogP contribution in [0.25, 0.3) is 0 Å². The van der Waals surface area contributed by atoms with Crippen LogP contribution in [-0.2, 0) is 14.4 Å². The van der Waals surface area contributed by atoms with Crippen molar-refractivity contribution in [2.24, 2.45) is 5.73 Å². The van der Waals surface area contributed by atoms with Crippen molar-refractivity contribution in [2.45, 2.75) is 75.7 Å². The Balaban J connectivity index is 4.61. The predicted octanol–water partition coefficient (Wildman–Crippen LogP) is 3.43. The van der Waals surface area contributed by atoms with Crippen molar-refractivity contribution in [1.82, 2.24) is 5.32 Å². The summed E-state index contributed by atoms with van der Waals surface area (Å²) in [5.41, 5.74) is 5.86. The van der Waals surface area contributed by atoms with E-state index in [1.165, 1.54) is 11.8 Å². The van der Waals surface area contributed by atoms with Crippen LogP contribution >= 0.6 is 11.8 Å². The van der Waals surface area contributed by atoms with Crippen molar-refractivity contribution in [1.29, 1.82) is 0 Å². The minimum atomic E-state index is -1.13. The second-order valence-corrected chi connectivity index (χ2v) is 8.98. The Morgan fingerprint density at radius 1 is 0.971 bits per heavy atom. The third kappa shape index (κ3) is 19.1. The molecule has 0 aromatic rings. The molecule has 0 aliphatic rings. The molecular weight excluding hydrogens is 456 g/mol. The highest BCUT2D eigenvalue weighted by molar-refractivity contribution is 8.00. The van der Waals surface area contributed by atoms with Gasteiger partial charge in [-0.1, -0.05) is 74.8 Å². The number of aliphatic hydroxyl groups excluding tert-OH is 1. The Bertz CT molecular complexity index is 706. The number of nitrogens with two attached hydrogens (primary N) is 1. The molecule has 0 rings (SSSR count). The van der Waals surface area contributed by atoms with Crippen molar-refractivity contribution in [3.05, 3.63) is 48.6 Å². The van der Waals surface area contributed by atoms with Crippen LogP contribution in [0.5, 0.6) is 0 Å². The summed E-state index contributed by atoms with van der Waals surface area (Å²) in [4.78, 5) is 32.9. The molecule has 0 bridgehead atoms. The molecule has 0 fully saturated rings. The minimum Gasteiger partial charge on any atom is -0.481 e. The smallest absolute Gasteiger partial charge is 0.322 e. The zero-order valence-corrected chi connectivity index (χ0v) is 20.8. The Kier molecular flexibility index (Phi) is 19.7. The van der Waals surface area contributed by atoms with Crippen molar-refractivity contribution in [3.8, 4) is 0 Å². The van der Waals surface area contributed by atoms with Crippen molar-refractivity contribution in [3.63, 3.8) is 0 Å². The quantitative estimate of drug-likeness (QED) is 0.0977. The number of nitrogens with one attached hydrogen (secondary N) is 1. The van der Waals surface area contributed by atoms with Crippen LogP contribution in [0.4, 0.5) is 0 Å². The lowest BCUT2D eigenvalue weighted by Gasteiger charge is -2.21. The number of hydrogen-bond acceptors (Lipinski definition) is 6. The molecule has 0 spiro atoms. The Morgan fingerprint density at radius 2 is 1.71 bits per heavy atom. The summed E-state index contributed by atoms with van der Waals surface area (Å²) in [5, 5.41) is 29.8. The van der Waals surface area contributed by atoms with Crippen LogP contribution < -0.4 is 11.1 Å². The standard InChI is InChI=1S/C25H40N2O6S/c1-2-3-12-15-21(28)22(34-19-20(26)25(33)27-18-24(31)32)16-13-10-8-6-4-5-7-9-11-14-17-23(29)30/h4,6-10,13,16,20-22,28H,2-3,5,11-12,14-15,17-19,26H2,1H3,(H,27,33)(H,29,30)(H,31,32)/t20-,21-,22+/m0/s1. The van der Waals surface area contributed by atoms with Gasteiger partial charge in [0.2, 0.25) is 5.91 Å². The first kappa shape index (κ1) is 31.6. The maximum atomic E-state index is 11.9. The van der Waals surface area contributed by atoms with Crippen molar-refractivity contribution in [2.75, 3.05) is 12.3 Å². The fraction of sp³-hybridized carbons (Fsp3) is 0.560. The highest BCUT2D eigenvalue weighted by Gasteiger charge is 2.20. The van der Waals surface area contributed by atoms with Gasteiger partial charge in [-0.15, -0.1) is 11.8 Å². The first-order valence-corrected chi connectivity index (χ1v) is 12.7. The number of rotatable bonds is 20. The number of aliphatic carboxylic acids is 2. The second-order valence-electron chi connectivity index (χ2n) is 7.77. The number of allylic oxidation sites excluding steroid dienone is 7. The van der Waals surface area contributed by atoms with E-state index >= 15 is 0 Å². The van der Waals surface area contributed by atoms with Crippen LogP contribution in [0.1, 0.15) is 58.3 Å². The molecule has 1 amide bonds. The third-order valence-electron chi connectivity index (χ3n) is 4.67. The maximum absolute atomic E-state index is 11.9. The van der Waals surface area contributed by atoms with Gasteiger partial charge in [-0.2, -0.15) is 0 Å². The molecule has 0 saturated carbocycles. The van der Waals surface area contributed by atoms with Gasteiger partial charge in [0.25, 0.3) is 0 Å². The lowest BCUT2D eigenvalue weighted by atomic mass is 10.1. The molecule has 0 aliphatic heterocycles. The van der Waals surface area contributed by atoms with E-state index in [0.717, 1.165) is 32.1 Å². The van der Waals surface area contributed by atoms with Gasteiger partial charge in [0, 0.05) is 17.4 Å². The SMILES string of the molecule is CCCCC[C@H](O)[C@@H](C=CC=CC=CCC=CCCCC(=O)O)SC[C@H](N)C(=O)NCC(=O)O. The average molecular weight is 497 g/mol. The largest absolute Gasteiger partial charge is 0.481 e. The topological polar surface area (TPSA) is 150 Å². The minimum absolute atomic E-state index is 0.186.